The van der Waals surface area contributed by atoms with E-state index >= 15 is 0 Å². The fraction of sp³-hybridized carbons (Fsp3) is 0.615. The third kappa shape index (κ3) is 6.03. The molecule has 0 aliphatic rings. The van der Waals surface area contributed by atoms with Gasteiger partial charge in [-0.05, 0) is 32.8 Å². The lowest BCUT2D eigenvalue weighted by Crippen LogP contribution is -2.25. The number of carbonyl (C=O) groups excluding carboxylic acids is 1. The molecule has 0 aromatic carbocycles. The number of rotatable bonds is 8. The summed E-state index contributed by atoms with van der Waals surface area (Å²) in [5, 5.41) is 15.6. The van der Waals surface area contributed by atoms with E-state index in [0.29, 0.717) is 13.0 Å². The molecule has 106 valence electrons. The molecule has 1 heterocycles. The Balaban J connectivity index is 2.12. The van der Waals surface area contributed by atoms with Gasteiger partial charge in [0.25, 0.3) is 0 Å². The average molecular weight is 267 g/mol. The molecule has 2 N–H and O–H groups in total. The van der Waals surface area contributed by atoms with Crippen LogP contribution >= 0.6 is 0 Å². The van der Waals surface area contributed by atoms with Gasteiger partial charge in [0.05, 0.1) is 5.69 Å². The molecule has 0 bridgehead atoms. The maximum Gasteiger partial charge on any atom is 0.303 e. The number of carboxylic acid groups (broad SMARTS) is 1. The number of amides is 1. The topological polar surface area (TPSA) is 84.2 Å². The minimum Gasteiger partial charge on any atom is -0.481 e. The van der Waals surface area contributed by atoms with Crippen LogP contribution < -0.4 is 5.32 Å². The van der Waals surface area contributed by atoms with Gasteiger partial charge < -0.3 is 10.4 Å². The highest BCUT2D eigenvalue weighted by Gasteiger charge is 2.04. The highest BCUT2D eigenvalue weighted by molar-refractivity contribution is 5.76. The van der Waals surface area contributed by atoms with Crippen molar-refractivity contribution in [3.8, 4) is 0 Å². The summed E-state index contributed by atoms with van der Waals surface area (Å²) in [5.74, 6) is -0.952. The van der Waals surface area contributed by atoms with Gasteiger partial charge in [-0.25, -0.2) is 0 Å². The summed E-state index contributed by atoms with van der Waals surface area (Å²) in [6.07, 6.45) is 1.51. The van der Waals surface area contributed by atoms with Crippen molar-refractivity contribution in [1.29, 1.82) is 0 Å². The molecule has 6 heteroatoms. The molecular formula is C13H21N3O3. The van der Waals surface area contributed by atoms with E-state index < -0.39 is 5.97 Å². The van der Waals surface area contributed by atoms with Gasteiger partial charge in [-0.1, -0.05) is 0 Å². The van der Waals surface area contributed by atoms with Crippen LogP contribution in [0.4, 0.5) is 0 Å². The third-order valence-corrected chi connectivity index (χ3v) is 2.77. The summed E-state index contributed by atoms with van der Waals surface area (Å²) in [6, 6.07) is 2.02. The maximum atomic E-state index is 11.4. The predicted molar refractivity (Wildman–Crippen MR) is 70.8 cm³/mol. The van der Waals surface area contributed by atoms with E-state index in [1.165, 1.54) is 0 Å². The lowest BCUT2D eigenvalue weighted by molar-refractivity contribution is -0.137. The van der Waals surface area contributed by atoms with Crippen LogP contribution in [0.5, 0.6) is 0 Å². The number of aryl methyl sites for hydroxylation is 3. The Morgan fingerprint density at radius 2 is 2.05 bits per heavy atom. The SMILES string of the molecule is Cc1cc(C)n(CCCNC(=O)CCCC(=O)O)n1. The Kier molecular flexibility index (Phi) is 6.05. The molecule has 1 amide bonds. The van der Waals surface area contributed by atoms with Crippen LogP contribution in [0.15, 0.2) is 6.07 Å². The van der Waals surface area contributed by atoms with E-state index in [0.717, 1.165) is 24.4 Å². The number of hydrogen-bond donors (Lipinski definition) is 2. The second-order valence-corrected chi connectivity index (χ2v) is 4.60. The number of aromatic nitrogens is 2. The van der Waals surface area contributed by atoms with Crippen molar-refractivity contribution >= 4 is 11.9 Å². The van der Waals surface area contributed by atoms with E-state index in [1.54, 1.807) is 0 Å². The Morgan fingerprint density at radius 3 is 2.63 bits per heavy atom. The van der Waals surface area contributed by atoms with Crippen molar-refractivity contribution in [3.63, 3.8) is 0 Å². The number of carboxylic acids is 1. The average Bonchev–Trinajstić information content (AvgIpc) is 2.63. The van der Waals surface area contributed by atoms with Crippen LogP contribution in [0.25, 0.3) is 0 Å². The molecule has 0 aliphatic heterocycles. The Morgan fingerprint density at radius 1 is 1.32 bits per heavy atom. The van der Waals surface area contributed by atoms with Crippen LogP contribution in [0.2, 0.25) is 0 Å². The maximum absolute atomic E-state index is 11.4. The first-order chi connectivity index (χ1) is 8.99. The zero-order chi connectivity index (χ0) is 14.3. The molecule has 0 aliphatic carbocycles. The van der Waals surface area contributed by atoms with E-state index in [4.69, 9.17) is 5.11 Å². The zero-order valence-corrected chi connectivity index (χ0v) is 11.5. The first-order valence-corrected chi connectivity index (χ1v) is 6.48. The molecule has 1 rings (SSSR count). The number of nitrogens with one attached hydrogen (secondary N) is 1. The fourth-order valence-electron chi connectivity index (χ4n) is 1.85. The molecule has 0 spiro atoms. The summed E-state index contributed by atoms with van der Waals surface area (Å²) in [5.41, 5.74) is 2.11. The molecule has 1 aromatic heterocycles. The zero-order valence-electron chi connectivity index (χ0n) is 11.5. The molecule has 0 unspecified atom stereocenters. The van der Waals surface area contributed by atoms with Gasteiger partial charge in [0.2, 0.25) is 5.91 Å². The van der Waals surface area contributed by atoms with Gasteiger partial charge >= 0.3 is 5.97 Å². The van der Waals surface area contributed by atoms with Crippen molar-refractivity contribution in [2.24, 2.45) is 0 Å². The van der Waals surface area contributed by atoms with Crippen molar-refractivity contribution in [2.45, 2.75) is 46.1 Å². The minimum absolute atomic E-state index is 0.0409. The molecule has 19 heavy (non-hydrogen) atoms. The van der Waals surface area contributed by atoms with Crippen molar-refractivity contribution in [3.05, 3.63) is 17.5 Å². The fourth-order valence-corrected chi connectivity index (χ4v) is 1.85. The molecular weight excluding hydrogens is 246 g/mol. The lowest BCUT2D eigenvalue weighted by atomic mass is 10.2. The lowest BCUT2D eigenvalue weighted by Gasteiger charge is -2.06. The second kappa shape index (κ2) is 7.56. The molecule has 0 atom stereocenters. The molecule has 6 nitrogen and oxygen atoms in total. The van der Waals surface area contributed by atoms with Gasteiger partial charge in [-0.2, -0.15) is 5.10 Å². The normalized spacial score (nSPS) is 10.4. The molecule has 0 saturated heterocycles. The number of nitrogens with zero attached hydrogens (tertiary/aromatic N) is 2. The van der Waals surface area contributed by atoms with Gasteiger partial charge in [0.15, 0.2) is 0 Å². The van der Waals surface area contributed by atoms with Crippen molar-refractivity contribution < 1.29 is 14.7 Å². The first-order valence-electron chi connectivity index (χ1n) is 6.48. The molecule has 1 aromatic rings. The Labute approximate surface area is 112 Å². The first kappa shape index (κ1) is 15.2. The smallest absolute Gasteiger partial charge is 0.303 e. The van der Waals surface area contributed by atoms with Gasteiger partial charge in [0.1, 0.15) is 0 Å². The third-order valence-electron chi connectivity index (χ3n) is 2.77. The standard InChI is InChI=1S/C13H21N3O3/c1-10-9-11(2)16(15-10)8-4-7-14-12(17)5-3-6-13(18)19/h9H,3-8H2,1-2H3,(H,14,17)(H,18,19). The van der Waals surface area contributed by atoms with E-state index in [-0.39, 0.29) is 18.7 Å². The summed E-state index contributed by atoms with van der Waals surface area (Å²) in [4.78, 5) is 21.7. The van der Waals surface area contributed by atoms with E-state index in [1.807, 2.05) is 24.6 Å². The number of aliphatic carboxylic acids is 1. The number of carbonyl (C=O) groups is 2. The Hall–Kier alpha value is -1.85. The van der Waals surface area contributed by atoms with Gasteiger partial charge in [-0.15, -0.1) is 0 Å². The predicted octanol–water partition coefficient (Wildman–Crippen LogP) is 1.26. The monoisotopic (exact) mass is 267 g/mol. The van der Waals surface area contributed by atoms with Crippen LogP contribution in [-0.4, -0.2) is 33.3 Å². The summed E-state index contributed by atoms with van der Waals surface area (Å²) >= 11 is 0. The molecule has 0 saturated carbocycles. The van der Waals surface area contributed by atoms with Crippen molar-refractivity contribution in [1.82, 2.24) is 15.1 Å². The highest BCUT2D eigenvalue weighted by Crippen LogP contribution is 2.02. The molecule has 0 fully saturated rings. The highest BCUT2D eigenvalue weighted by atomic mass is 16.4. The van der Waals surface area contributed by atoms with E-state index in [9.17, 15) is 9.59 Å². The van der Waals surface area contributed by atoms with Crippen LogP contribution in [0.1, 0.15) is 37.1 Å². The van der Waals surface area contributed by atoms with Gasteiger partial charge in [-0.3, -0.25) is 14.3 Å². The van der Waals surface area contributed by atoms with Gasteiger partial charge in [0, 0.05) is 31.6 Å². The van der Waals surface area contributed by atoms with Crippen LogP contribution in [0.3, 0.4) is 0 Å². The second-order valence-electron chi connectivity index (χ2n) is 4.60. The summed E-state index contributed by atoms with van der Waals surface area (Å²) in [7, 11) is 0. The van der Waals surface area contributed by atoms with Crippen LogP contribution in [-0.2, 0) is 16.1 Å². The van der Waals surface area contributed by atoms with Crippen molar-refractivity contribution in [2.75, 3.05) is 6.54 Å². The van der Waals surface area contributed by atoms with Crippen LogP contribution in [0, 0.1) is 13.8 Å². The molecule has 0 radical (unpaired) electrons. The minimum atomic E-state index is -0.864. The number of hydrogen-bond acceptors (Lipinski definition) is 3. The Bertz CT molecular complexity index is 440. The summed E-state index contributed by atoms with van der Waals surface area (Å²) in [6.45, 7) is 5.32. The summed E-state index contributed by atoms with van der Waals surface area (Å²) < 4.78 is 1.92. The largest absolute Gasteiger partial charge is 0.481 e. The van der Waals surface area contributed by atoms with E-state index in [2.05, 4.69) is 10.4 Å². The quantitative estimate of drug-likeness (QED) is 0.694.